The summed E-state index contributed by atoms with van der Waals surface area (Å²) in [5.41, 5.74) is 6.52. The molecule has 13 heavy (non-hydrogen) atoms. The van der Waals surface area contributed by atoms with E-state index >= 15 is 0 Å². The zero-order valence-corrected chi connectivity index (χ0v) is 7.62. The predicted molar refractivity (Wildman–Crippen MR) is 51.1 cm³/mol. The Balaban J connectivity index is 2.68. The molecule has 0 amide bonds. The molecule has 1 aromatic rings. The standard InChI is InChI=1S/C8H13N5/c1-2-13(5-3-4-9)7-6-11-12-8(7)10/h6H,2-3,5H2,1H3,(H3,10,11,12). The summed E-state index contributed by atoms with van der Waals surface area (Å²) in [6.45, 7) is 3.53. The van der Waals surface area contributed by atoms with E-state index in [1.54, 1.807) is 6.20 Å². The fraction of sp³-hybridized carbons (Fsp3) is 0.500. The first-order valence-electron chi connectivity index (χ1n) is 4.20. The van der Waals surface area contributed by atoms with Gasteiger partial charge in [-0.15, -0.1) is 0 Å². The van der Waals surface area contributed by atoms with Gasteiger partial charge in [-0.05, 0) is 6.92 Å². The molecule has 0 unspecified atom stereocenters. The van der Waals surface area contributed by atoms with Gasteiger partial charge in [0.2, 0.25) is 0 Å². The second kappa shape index (κ2) is 4.36. The van der Waals surface area contributed by atoms with E-state index in [4.69, 9.17) is 11.0 Å². The van der Waals surface area contributed by atoms with Gasteiger partial charge in [-0.25, -0.2) is 0 Å². The molecule has 0 aromatic carbocycles. The summed E-state index contributed by atoms with van der Waals surface area (Å²) < 4.78 is 0. The average Bonchev–Trinajstić information content (AvgIpc) is 2.54. The van der Waals surface area contributed by atoms with E-state index in [1.807, 2.05) is 11.8 Å². The van der Waals surface area contributed by atoms with Gasteiger partial charge in [0.15, 0.2) is 0 Å². The Morgan fingerprint density at radius 2 is 2.54 bits per heavy atom. The van der Waals surface area contributed by atoms with Crippen LogP contribution in [-0.2, 0) is 0 Å². The van der Waals surface area contributed by atoms with Crippen molar-refractivity contribution in [2.45, 2.75) is 13.3 Å². The van der Waals surface area contributed by atoms with Crippen LogP contribution in [0.5, 0.6) is 0 Å². The number of nitrogens with one attached hydrogen (secondary N) is 1. The number of nitrogens with zero attached hydrogens (tertiary/aromatic N) is 3. The Kier molecular flexibility index (Phi) is 3.15. The van der Waals surface area contributed by atoms with Gasteiger partial charge in [-0.2, -0.15) is 10.4 Å². The van der Waals surface area contributed by atoms with Crippen molar-refractivity contribution < 1.29 is 0 Å². The van der Waals surface area contributed by atoms with Gasteiger partial charge in [-0.1, -0.05) is 0 Å². The first kappa shape index (κ1) is 9.39. The molecule has 70 valence electrons. The summed E-state index contributed by atoms with van der Waals surface area (Å²) >= 11 is 0. The average molecular weight is 179 g/mol. The third kappa shape index (κ3) is 2.12. The van der Waals surface area contributed by atoms with Crippen molar-refractivity contribution >= 4 is 11.5 Å². The predicted octanol–water partition coefficient (Wildman–Crippen LogP) is 0.732. The Bertz CT molecular complexity index is 298. The van der Waals surface area contributed by atoms with Crippen molar-refractivity contribution in [1.29, 1.82) is 5.26 Å². The largest absolute Gasteiger partial charge is 0.382 e. The third-order valence-corrected chi connectivity index (χ3v) is 1.86. The molecule has 1 rings (SSSR count). The summed E-state index contributed by atoms with van der Waals surface area (Å²) in [5.74, 6) is 0.555. The summed E-state index contributed by atoms with van der Waals surface area (Å²) in [6, 6.07) is 2.10. The molecule has 5 heteroatoms. The molecule has 1 aromatic heterocycles. The third-order valence-electron chi connectivity index (χ3n) is 1.86. The van der Waals surface area contributed by atoms with E-state index in [0.29, 0.717) is 18.8 Å². The van der Waals surface area contributed by atoms with Gasteiger partial charge >= 0.3 is 0 Å². The van der Waals surface area contributed by atoms with Crippen LogP contribution in [-0.4, -0.2) is 23.3 Å². The zero-order chi connectivity index (χ0) is 9.68. The smallest absolute Gasteiger partial charge is 0.142 e. The molecule has 0 spiro atoms. The second-order valence-corrected chi connectivity index (χ2v) is 2.66. The molecule has 1 heterocycles. The highest BCUT2D eigenvalue weighted by atomic mass is 15.2. The number of hydrogen-bond acceptors (Lipinski definition) is 4. The Morgan fingerprint density at radius 3 is 3.00 bits per heavy atom. The van der Waals surface area contributed by atoms with E-state index in [2.05, 4.69) is 16.3 Å². The first-order chi connectivity index (χ1) is 6.29. The zero-order valence-electron chi connectivity index (χ0n) is 7.62. The van der Waals surface area contributed by atoms with Gasteiger partial charge in [0.05, 0.1) is 24.4 Å². The number of nitriles is 1. The fourth-order valence-electron chi connectivity index (χ4n) is 1.18. The van der Waals surface area contributed by atoms with Gasteiger partial charge in [-0.3, -0.25) is 5.10 Å². The van der Waals surface area contributed by atoms with Crippen LogP contribution in [0.25, 0.3) is 0 Å². The molecule has 0 atom stereocenters. The molecular weight excluding hydrogens is 166 g/mol. The number of aromatic amines is 1. The molecular formula is C8H13N5. The van der Waals surface area contributed by atoms with Crippen LogP contribution in [0.3, 0.4) is 0 Å². The minimum absolute atomic E-state index is 0.498. The molecule has 0 saturated carbocycles. The molecule has 3 N–H and O–H groups in total. The number of anilines is 2. The summed E-state index contributed by atoms with van der Waals surface area (Å²) in [4.78, 5) is 2.02. The van der Waals surface area contributed by atoms with Crippen LogP contribution < -0.4 is 10.6 Å². The number of nitrogen functional groups attached to an aromatic ring is 1. The number of nitrogens with two attached hydrogens (primary N) is 1. The maximum absolute atomic E-state index is 8.45. The highest BCUT2D eigenvalue weighted by Gasteiger charge is 2.08. The van der Waals surface area contributed by atoms with Crippen molar-refractivity contribution in [3.63, 3.8) is 0 Å². The fourth-order valence-corrected chi connectivity index (χ4v) is 1.18. The van der Waals surface area contributed by atoms with Crippen LogP contribution in [0.2, 0.25) is 0 Å². The molecule has 0 bridgehead atoms. The lowest BCUT2D eigenvalue weighted by Crippen LogP contribution is -2.23. The Hall–Kier alpha value is -1.70. The van der Waals surface area contributed by atoms with Crippen LogP contribution >= 0.6 is 0 Å². The molecule has 0 saturated heterocycles. The normalized spacial score (nSPS) is 9.54. The molecule has 0 aliphatic heterocycles. The van der Waals surface area contributed by atoms with E-state index < -0.39 is 0 Å². The summed E-state index contributed by atoms with van der Waals surface area (Å²) in [7, 11) is 0. The summed E-state index contributed by atoms with van der Waals surface area (Å²) in [5, 5.41) is 14.9. The van der Waals surface area contributed by atoms with Crippen LogP contribution in [0, 0.1) is 11.3 Å². The van der Waals surface area contributed by atoms with Gasteiger partial charge < -0.3 is 10.6 Å². The van der Waals surface area contributed by atoms with E-state index in [1.165, 1.54) is 0 Å². The van der Waals surface area contributed by atoms with Crippen molar-refractivity contribution in [3.8, 4) is 6.07 Å². The Morgan fingerprint density at radius 1 is 1.77 bits per heavy atom. The second-order valence-electron chi connectivity index (χ2n) is 2.66. The molecule has 0 aliphatic carbocycles. The number of aromatic nitrogens is 2. The van der Waals surface area contributed by atoms with Gasteiger partial charge in [0.25, 0.3) is 0 Å². The first-order valence-corrected chi connectivity index (χ1v) is 4.20. The SMILES string of the molecule is CCN(CCC#N)c1cn[nH]c1N. The molecule has 5 nitrogen and oxygen atoms in total. The maximum Gasteiger partial charge on any atom is 0.142 e. The molecule has 0 fully saturated rings. The molecule has 0 aliphatic rings. The number of H-pyrrole nitrogens is 1. The maximum atomic E-state index is 8.45. The number of rotatable bonds is 4. The monoisotopic (exact) mass is 179 g/mol. The van der Waals surface area contributed by atoms with E-state index in [-0.39, 0.29) is 0 Å². The van der Waals surface area contributed by atoms with Crippen LogP contribution in [0.1, 0.15) is 13.3 Å². The van der Waals surface area contributed by atoms with E-state index in [9.17, 15) is 0 Å². The van der Waals surface area contributed by atoms with Crippen LogP contribution in [0.15, 0.2) is 6.20 Å². The lowest BCUT2D eigenvalue weighted by atomic mass is 10.3. The highest BCUT2D eigenvalue weighted by molar-refractivity contribution is 5.61. The number of hydrogen-bond donors (Lipinski definition) is 2. The summed E-state index contributed by atoms with van der Waals surface area (Å²) in [6.07, 6.45) is 2.18. The quantitative estimate of drug-likeness (QED) is 0.714. The van der Waals surface area contributed by atoms with Crippen molar-refractivity contribution in [2.24, 2.45) is 0 Å². The lowest BCUT2D eigenvalue weighted by molar-refractivity contribution is 0.829. The van der Waals surface area contributed by atoms with Gasteiger partial charge in [0.1, 0.15) is 5.82 Å². The van der Waals surface area contributed by atoms with Crippen molar-refractivity contribution in [2.75, 3.05) is 23.7 Å². The van der Waals surface area contributed by atoms with Gasteiger partial charge in [0, 0.05) is 13.1 Å². The minimum atomic E-state index is 0.498. The topological polar surface area (TPSA) is 81.7 Å². The minimum Gasteiger partial charge on any atom is -0.382 e. The van der Waals surface area contributed by atoms with Crippen molar-refractivity contribution in [3.05, 3.63) is 6.20 Å². The molecule has 0 radical (unpaired) electrons. The Labute approximate surface area is 77.1 Å². The van der Waals surface area contributed by atoms with E-state index in [0.717, 1.165) is 12.2 Å². The lowest BCUT2D eigenvalue weighted by Gasteiger charge is -2.19. The highest BCUT2D eigenvalue weighted by Crippen LogP contribution is 2.19. The van der Waals surface area contributed by atoms with Crippen molar-refractivity contribution in [1.82, 2.24) is 10.2 Å². The van der Waals surface area contributed by atoms with Crippen LogP contribution in [0.4, 0.5) is 11.5 Å².